The van der Waals surface area contributed by atoms with Crippen LogP contribution in [0.15, 0.2) is 66.4 Å². The van der Waals surface area contributed by atoms with Gasteiger partial charge in [0.1, 0.15) is 0 Å². The first-order chi connectivity index (χ1) is 17.7. The van der Waals surface area contributed by atoms with Gasteiger partial charge in [-0.1, -0.05) is 67.4 Å². The average molecular weight is 491 g/mol. The average Bonchev–Trinajstić information content (AvgIpc) is 3.48. The number of aliphatic hydroxyl groups excluding tert-OH is 1. The number of piperazine rings is 1. The SMILES string of the molecule is O=C(C1=C[C@@H](C2CCCC2)C[C@@H](OCc2ccc(CO)cc2)O1)N1CCN(Cc2ccccc2)CC1. The number of hydrogen-bond acceptors (Lipinski definition) is 5. The van der Waals surface area contributed by atoms with E-state index in [2.05, 4.69) is 35.2 Å². The number of allylic oxidation sites excluding steroid dienone is 1. The second-order valence-corrected chi connectivity index (χ2v) is 10.4. The fourth-order valence-electron chi connectivity index (χ4n) is 5.69. The van der Waals surface area contributed by atoms with Gasteiger partial charge in [0.25, 0.3) is 5.91 Å². The van der Waals surface area contributed by atoms with Gasteiger partial charge in [-0.3, -0.25) is 9.69 Å². The second kappa shape index (κ2) is 12.0. The van der Waals surface area contributed by atoms with Crippen molar-refractivity contribution in [2.24, 2.45) is 11.8 Å². The quantitative estimate of drug-likeness (QED) is 0.591. The predicted molar refractivity (Wildman–Crippen MR) is 138 cm³/mol. The molecule has 2 aromatic rings. The molecule has 1 amide bonds. The summed E-state index contributed by atoms with van der Waals surface area (Å²) in [6, 6.07) is 18.3. The summed E-state index contributed by atoms with van der Waals surface area (Å²) in [4.78, 5) is 17.9. The van der Waals surface area contributed by atoms with Crippen molar-refractivity contribution in [3.05, 3.63) is 83.1 Å². The molecule has 0 unspecified atom stereocenters. The molecule has 36 heavy (non-hydrogen) atoms. The molecule has 6 nitrogen and oxygen atoms in total. The largest absolute Gasteiger partial charge is 0.459 e. The zero-order valence-corrected chi connectivity index (χ0v) is 21.1. The maximum Gasteiger partial charge on any atom is 0.288 e. The predicted octanol–water partition coefficient (Wildman–Crippen LogP) is 4.48. The second-order valence-electron chi connectivity index (χ2n) is 10.4. The van der Waals surface area contributed by atoms with E-state index in [1.54, 1.807) is 0 Å². The van der Waals surface area contributed by atoms with E-state index in [9.17, 15) is 9.90 Å². The Balaban J connectivity index is 1.20. The van der Waals surface area contributed by atoms with Crippen molar-refractivity contribution >= 4 is 5.91 Å². The highest BCUT2D eigenvalue weighted by atomic mass is 16.7. The van der Waals surface area contributed by atoms with Crippen LogP contribution in [0.3, 0.4) is 0 Å². The third kappa shape index (κ3) is 6.36. The third-order valence-electron chi connectivity index (χ3n) is 7.85. The molecule has 1 N–H and O–H groups in total. The van der Waals surface area contributed by atoms with E-state index in [0.29, 0.717) is 37.3 Å². The van der Waals surface area contributed by atoms with Crippen molar-refractivity contribution in [2.45, 2.75) is 58.2 Å². The van der Waals surface area contributed by atoms with Gasteiger partial charge >= 0.3 is 0 Å². The Morgan fingerprint density at radius 2 is 1.61 bits per heavy atom. The van der Waals surface area contributed by atoms with Gasteiger partial charge in [0.15, 0.2) is 5.76 Å². The van der Waals surface area contributed by atoms with Gasteiger partial charge in [-0.25, -0.2) is 0 Å². The summed E-state index contributed by atoms with van der Waals surface area (Å²) in [7, 11) is 0. The van der Waals surface area contributed by atoms with E-state index in [1.807, 2.05) is 35.2 Å². The van der Waals surface area contributed by atoms with Crippen LogP contribution in [0.25, 0.3) is 0 Å². The van der Waals surface area contributed by atoms with Gasteiger partial charge in [-0.15, -0.1) is 0 Å². The summed E-state index contributed by atoms with van der Waals surface area (Å²) in [6.45, 7) is 4.53. The van der Waals surface area contributed by atoms with Crippen LogP contribution in [-0.4, -0.2) is 53.3 Å². The molecule has 3 aliphatic rings. The van der Waals surface area contributed by atoms with Crippen molar-refractivity contribution in [3.63, 3.8) is 0 Å². The standard InChI is InChI=1S/C30H38N2O4/c33-21-24-10-12-25(13-11-24)22-35-29-19-27(26-8-4-5-9-26)18-28(36-29)30(34)32-16-14-31(15-17-32)20-23-6-2-1-3-7-23/h1-3,6-7,10-13,18,26-27,29,33H,4-5,8-9,14-17,19-22H2/t27-,29+/m1/s1. The Morgan fingerprint density at radius 1 is 0.917 bits per heavy atom. The summed E-state index contributed by atoms with van der Waals surface area (Å²) in [6.07, 6.45) is 7.45. The van der Waals surface area contributed by atoms with E-state index >= 15 is 0 Å². The number of hydrogen-bond donors (Lipinski definition) is 1. The lowest BCUT2D eigenvalue weighted by atomic mass is 9.86. The summed E-state index contributed by atoms with van der Waals surface area (Å²) in [5.74, 6) is 1.39. The Labute approximate surface area is 214 Å². The highest BCUT2D eigenvalue weighted by molar-refractivity contribution is 5.91. The van der Waals surface area contributed by atoms with Gasteiger partial charge in [-0.2, -0.15) is 0 Å². The first-order valence-electron chi connectivity index (χ1n) is 13.4. The minimum Gasteiger partial charge on any atom is -0.459 e. The zero-order chi connectivity index (χ0) is 24.7. The number of rotatable bonds is 8. The molecule has 6 heteroatoms. The van der Waals surface area contributed by atoms with Crippen LogP contribution in [0.1, 0.15) is 48.8 Å². The number of benzene rings is 2. The van der Waals surface area contributed by atoms with Crippen LogP contribution < -0.4 is 0 Å². The molecule has 2 fully saturated rings. The minimum absolute atomic E-state index is 0.00189. The monoisotopic (exact) mass is 490 g/mol. The number of carbonyl (C=O) groups is 1. The molecule has 0 spiro atoms. The summed E-state index contributed by atoms with van der Waals surface area (Å²) in [5, 5.41) is 9.27. The number of ether oxygens (including phenoxy) is 2. The summed E-state index contributed by atoms with van der Waals surface area (Å²) >= 11 is 0. The summed E-state index contributed by atoms with van der Waals surface area (Å²) < 4.78 is 12.4. The normalized spacial score (nSPS) is 23.4. The molecule has 0 bridgehead atoms. The van der Waals surface area contributed by atoms with E-state index in [-0.39, 0.29) is 12.5 Å². The molecule has 0 aromatic heterocycles. The van der Waals surface area contributed by atoms with Crippen LogP contribution >= 0.6 is 0 Å². The Bertz CT molecular complexity index is 1010. The number of nitrogens with zero attached hydrogens (tertiary/aromatic N) is 2. The third-order valence-corrected chi connectivity index (χ3v) is 7.85. The summed E-state index contributed by atoms with van der Waals surface area (Å²) in [5.41, 5.74) is 3.22. The molecule has 192 valence electrons. The van der Waals surface area contributed by atoms with Gasteiger partial charge in [0.05, 0.1) is 13.2 Å². The molecule has 2 aliphatic heterocycles. The lowest BCUT2D eigenvalue weighted by Gasteiger charge is -2.37. The fourth-order valence-corrected chi connectivity index (χ4v) is 5.69. The van der Waals surface area contributed by atoms with Gasteiger partial charge in [-0.05, 0) is 47.4 Å². The molecule has 1 saturated heterocycles. The zero-order valence-electron chi connectivity index (χ0n) is 21.1. The molecule has 5 rings (SSSR count). The lowest BCUT2D eigenvalue weighted by molar-refractivity contribution is -0.161. The van der Waals surface area contributed by atoms with E-state index < -0.39 is 6.29 Å². The Morgan fingerprint density at radius 3 is 2.31 bits per heavy atom. The van der Waals surface area contributed by atoms with Crippen molar-refractivity contribution in [1.82, 2.24) is 9.80 Å². The molecular weight excluding hydrogens is 452 g/mol. The smallest absolute Gasteiger partial charge is 0.288 e. The van der Waals surface area contributed by atoms with Gasteiger partial charge in [0.2, 0.25) is 6.29 Å². The van der Waals surface area contributed by atoms with Gasteiger partial charge in [0, 0.05) is 39.1 Å². The van der Waals surface area contributed by atoms with Crippen LogP contribution in [0.2, 0.25) is 0 Å². The molecule has 2 aromatic carbocycles. The molecule has 1 saturated carbocycles. The molecule has 1 aliphatic carbocycles. The topological polar surface area (TPSA) is 62.2 Å². The van der Waals surface area contributed by atoms with Gasteiger partial charge < -0.3 is 19.5 Å². The van der Waals surface area contributed by atoms with E-state index in [4.69, 9.17) is 9.47 Å². The molecule has 0 radical (unpaired) electrons. The van der Waals surface area contributed by atoms with Crippen LogP contribution in [0.5, 0.6) is 0 Å². The molecule has 2 atom stereocenters. The number of amides is 1. The van der Waals surface area contributed by atoms with Crippen molar-refractivity contribution in [2.75, 3.05) is 26.2 Å². The number of aliphatic hydroxyl groups is 1. The Kier molecular flexibility index (Phi) is 8.36. The van der Waals surface area contributed by atoms with E-state index in [1.165, 1.54) is 31.2 Å². The van der Waals surface area contributed by atoms with Crippen molar-refractivity contribution in [1.29, 1.82) is 0 Å². The molecular formula is C30H38N2O4. The first-order valence-corrected chi connectivity index (χ1v) is 13.4. The first kappa shape index (κ1) is 25.0. The van der Waals surface area contributed by atoms with Crippen LogP contribution in [-0.2, 0) is 34.0 Å². The van der Waals surface area contributed by atoms with Crippen LogP contribution in [0, 0.1) is 11.8 Å². The van der Waals surface area contributed by atoms with E-state index in [0.717, 1.165) is 37.2 Å². The highest BCUT2D eigenvalue weighted by Gasteiger charge is 2.35. The van der Waals surface area contributed by atoms with Crippen molar-refractivity contribution in [3.8, 4) is 0 Å². The minimum atomic E-state index is -0.420. The maximum absolute atomic E-state index is 13.5. The Hall–Kier alpha value is -2.67. The van der Waals surface area contributed by atoms with Crippen LogP contribution in [0.4, 0.5) is 0 Å². The van der Waals surface area contributed by atoms with Crippen molar-refractivity contribution < 1.29 is 19.4 Å². The molecule has 2 heterocycles. The highest BCUT2D eigenvalue weighted by Crippen LogP contribution is 2.38. The number of carbonyl (C=O) groups excluding carboxylic acids is 1. The lowest BCUT2D eigenvalue weighted by Crippen LogP contribution is -2.49. The maximum atomic E-state index is 13.5. The fraction of sp³-hybridized carbons (Fsp3) is 0.500.